The van der Waals surface area contributed by atoms with E-state index in [1.165, 1.54) is 6.92 Å². The number of carbonyl (C=O) groups is 2. The van der Waals surface area contributed by atoms with E-state index >= 15 is 0 Å². The van der Waals surface area contributed by atoms with E-state index in [2.05, 4.69) is 0 Å². The number of nitrogens with zero attached hydrogens (tertiary/aromatic N) is 1. The van der Waals surface area contributed by atoms with Crippen LogP contribution in [0.2, 0.25) is 0 Å². The lowest BCUT2D eigenvalue weighted by atomic mass is 10.1. The summed E-state index contributed by atoms with van der Waals surface area (Å²) in [7, 11) is 3.10. The fraction of sp³-hybridized carbons (Fsp3) is 0.200. The molecule has 0 aliphatic rings. The first-order valence-corrected chi connectivity index (χ1v) is 7.98. The molecule has 26 heavy (non-hydrogen) atoms. The van der Waals surface area contributed by atoms with Crippen LogP contribution in [0.5, 0.6) is 11.5 Å². The maximum absolute atomic E-state index is 12.8. The number of ether oxygens (including phenoxy) is 2. The number of imide groups is 1. The van der Waals surface area contributed by atoms with Crippen molar-refractivity contribution in [2.24, 2.45) is 0 Å². The second kappa shape index (κ2) is 8.20. The van der Waals surface area contributed by atoms with Crippen molar-refractivity contribution in [3.63, 3.8) is 0 Å². The average molecular weight is 354 g/mol. The topological polar surface area (TPSA) is 81.9 Å². The van der Waals surface area contributed by atoms with Gasteiger partial charge in [0, 0.05) is 18.2 Å². The largest absolute Gasteiger partial charge is 0.493 e. The van der Waals surface area contributed by atoms with Gasteiger partial charge in [-0.05, 0) is 55.0 Å². The van der Waals surface area contributed by atoms with Crippen LogP contribution in [0.1, 0.15) is 19.4 Å². The van der Waals surface area contributed by atoms with Gasteiger partial charge in [0.2, 0.25) is 5.91 Å². The van der Waals surface area contributed by atoms with Crippen LogP contribution in [0.25, 0.3) is 6.08 Å². The highest BCUT2D eigenvalue weighted by molar-refractivity contribution is 6.21. The molecule has 0 aliphatic heterocycles. The summed E-state index contributed by atoms with van der Waals surface area (Å²) in [5, 5.41) is 0. The highest BCUT2D eigenvalue weighted by Crippen LogP contribution is 2.28. The Hall–Kier alpha value is -3.28. The number of hydrogen-bond donors (Lipinski definition) is 1. The minimum atomic E-state index is -0.406. The SMILES string of the molecule is COc1ccc(/C=C(\C)C(=O)N(C(C)=O)c2ccc(N)cc2)cc1OC. The molecule has 136 valence electrons. The summed E-state index contributed by atoms with van der Waals surface area (Å²) in [6, 6.07) is 11.9. The number of amides is 2. The molecule has 0 bridgehead atoms. The molecule has 0 saturated carbocycles. The summed E-state index contributed by atoms with van der Waals surface area (Å²) in [5.41, 5.74) is 7.86. The van der Waals surface area contributed by atoms with Crippen molar-refractivity contribution < 1.29 is 19.1 Å². The van der Waals surface area contributed by atoms with E-state index in [9.17, 15) is 9.59 Å². The standard InChI is InChI=1S/C20H22N2O4/c1-13(11-15-5-10-18(25-3)19(12-15)26-4)20(24)22(14(2)23)17-8-6-16(21)7-9-17/h5-12H,21H2,1-4H3/b13-11+. The van der Waals surface area contributed by atoms with Gasteiger partial charge in [-0.3, -0.25) is 9.59 Å². The van der Waals surface area contributed by atoms with E-state index in [4.69, 9.17) is 15.2 Å². The average Bonchev–Trinajstić information content (AvgIpc) is 2.62. The van der Waals surface area contributed by atoms with Gasteiger partial charge in [0.25, 0.3) is 5.91 Å². The highest BCUT2D eigenvalue weighted by atomic mass is 16.5. The molecule has 2 N–H and O–H groups in total. The van der Waals surface area contributed by atoms with Gasteiger partial charge in [-0.1, -0.05) is 6.07 Å². The zero-order chi connectivity index (χ0) is 19.3. The van der Waals surface area contributed by atoms with Gasteiger partial charge in [0.1, 0.15) is 0 Å². The number of rotatable bonds is 5. The number of nitrogen functional groups attached to an aromatic ring is 1. The summed E-state index contributed by atoms with van der Waals surface area (Å²) < 4.78 is 10.5. The van der Waals surface area contributed by atoms with Crippen LogP contribution in [-0.2, 0) is 9.59 Å². The predicted octanol–water partition coefficient (Wildman–Crippen LogP) is 3.27. The van der Waals surface area contributed by atoms with Gasteiger partial charge in [0.15, 0.2) is 11.5 Å². The molecule has 2 rings (SSSR count). The van der Waals surface area contributed by atoms with Crippen LogP contribution in [0.15, 0.2) is 48.0 Å². The first-order chi connectivity index (χ1) is 12.4. The number of benzene rings is 2. The normalized spacial score (nSPS) is 11.0. The molecular weight excluding hydrogens is 332 g/mol. The van der Waals surface area contributed by atoms with Crippen LogP contribution in [0, 0.1) is 0 Å². The number of nitrogens with two attached hydrogens (primary N) is 1. The van der Waals surface area contributed by atoms with E-state index in [0.29, 0.717) is 28.4 Å². The van der Waals surface area contributed by atoms with Crippen molar-refractivity contribution >= 4 is 29.3 Å². The van der Waals surface area contributed by atoms with Crippen LogP contribution >= 0.6 is 0 Å². The zero-order valence-electron chi connectivity index (χ0n) is 15.3. The Morgan fingerprint density at radius 2 is 1.58 bits per heavy atom. The minimum Gasteiger partial charge on any atom is -0.493 e. The molecule has 0 saturated heterocycles. The summed E-state index contributed by atoms with van der Waals surface area (Å²) in [6.07, 6.45) is 1.69. The number of anilines is 2. The predicted molar refractivity (Wildman–Crippen MR) is 102 cm³/mol. The molecule has 6 nitrogen and oxygen atoms in total. The maximum atomic E-state index is 12.8. The van der Waals surface area contributed by atoms with E-state index in [1.54, 1.807) is 69.7 Å². The van der Waals surface area contributed by atoms with Crippen molar-refractivity contribution in [1.29, 1.82) is 0 Å². The summed E-state index contributed by atoms with van der Waals surface area (Å²) in [4.78, 5) is 25.9. The number of carbonyl (C=O) groups excluding carboxylic acids is 2. The molecule has 0 aromatic heterocycles. The van der Waals surface area contributed by atoms with Gasteiger partial charge < -0.3 is 15.2 Å². The number of hydrogen-bond acceptors (Lipinski definition) is 5. The zero-order valence-corrected chi connectivity index (χ0v) is 15.3. The second-order valence-corrected chi connectivity index (χ2v) is 5.69. The Balaban J connectivity index is 2.35. The van der Waals surface area contributed by atoms with E-state index in [0.717, 1.165) is 10.5 Å². The lowest BCUT2D eigenvalue weighted by Crippen LogP contribution is -2.35. The molecule has 0 radical (unpaired) electrons. The van der Waals surface area contributed by atoms with Crippen molar-refractivity contribution in [2.75, 3.05) is 24.9 Å². The lowest BCUT2D eigenvalue weighted by Gasteiger charge is -2.20. The van der Waals surface area contributed by atoms with Crippen molar-refractivity contribution in [3.05, 3.63) is 53.6 Å². The molecule has 2 amide bonds. The first kappa shape index (κ1) is 19.1. The molecule has 0 unspecified atom stereocenters. The van der Waals surface area contributed by atoms with Crippen LogP contribution in [0.4, 0.5) is 11.4 Å². The molecular formula is C20H22N2O4. The highest BCUT2D eigenvalue weighted by Gasteiger charge is 2.21. The molecule has 0 aliphatic carbocycles. The van der Waals surface area contributed by atoms with E-state index in [-0.39, 0.29) is 5.91 Å². The quantitative estimate of drug-likeness (QED) is 0.658. The van der Waals surface area contributed by atoms with Crippen molar-refractivity contribution in [1.82, 2.24) is 0 Å². The third kappa shape index (κ3) is 4.22. The van der Waals surface area contributed by atoms with Gasteiger partial charge in [-0.15, -0.1) is 0 Å². The number of methoxy groups -OCH3 is 2. The lowest BCUT2D eigenvalue weighted by molar-refractivity contribution is -0.123. The molecule has 2 aromatic rings. The van der Waals surface area contributed by atoms with Crippen molar-refractivity contribution in [2.45, 2.75) is 13.8 Å². The van der Waals surface area contributed by atoms with Gasteiger partial charge in [0.05, 0.1) is 19.9 Å². The molecule has 0 spiro atoms. The second-order valence-electron chi connectivity index (χ2n) is 5.69. The third-order valence-corrected chi connectivity index (χ3v) is 3.80. The Kier molecular flexibility index (Phi) is 6.01. The van der Waals surface area contributed by atoms with Crippen LogP contribution in [0.3, 0.4) is 0 Å². The Morgan fingerprint density at radius 3 is 2.12 bits per heavy atom. The van der Waals surface area contributed by atoms with E-state index in [1.807, 2.05) is 0 Å². The van der Waals surface area contributed by atoms with Gasteiger partial charge in [-0.25, -0.2) is 4.90 Å². The van der Waals surface area contributed by atoms with E-state index < -0.39 is 5.91 Å². The minimum absolute atomic E-state index is 0.375. The molecule has 2 aromatic carbocycles. The fourth-order valence-electron chi connectivity index (χ4n) is 2.50. The van der Waals surface area contributed by atoms with Crippen LogP contribution < -0.4 is 20.1 Å². The first-order valence-electron chi connectivity index (χ1n) is 7.98. The monoisotopic (exact) mass is 354 g/mol. The summed E-state index contributed by atoms with van der Waals surface area (Å²) >= 11 is 0. The van der Waals surface area contributed by atoms with Gasteiger partial charge in [-0.2, -0.15) is 0 Å². The smallest absolute Gasteiger partial charge is 0.260 e. The summed E-state index contributed by atoms with van der Waals surface area (Å²) in [5.74, 6) is 0.376. The molecule has 0 fully saturated rings. The summed E-state index contributed by atoms with van der Waals surface area (Å²) in [6.45, 7) is 3.00. The third-order valence-electron chi connectivity index (χ3n) is 3.80. The fourth-order valence-corrected chi connectivity index (χ4v) is 2.50. The van der Waals surface area contributed by atoms with Crippen LogP contribution in [-0.4, -0.2) is 26.0 Å². The molecule has 0 heterocycles. The Morgan fingerprint density at radius 1 is 0.962 bits per heavy atom. The Bertz CT molecular complexity index is 841. The molecule has 0 atom stereocenters. The maximum Gasteiger partial charge on any atom is 0.260 e. The molecule has 6 heteroatoms. The van der Waals surface area contributed by atoms with Crippen molar-refractivity contribution in [3.8, 4) is 11.5 Å². The van der Waals surface area contributed by atoms with Gasteiger partial charge >= 0.3 is 0 Å². The Labute approximate surface area is 152 Å².